The standard InChI is InChI=1S/C13H27N/c1-2-3-10-13-11-8-6-4-5-7-9-12-14-13/h13-14H,2-12H2,1H3. The van der Waals surface area contributed by atoms with Crippen LogP contribution in [0, 0.1) is 0 Å². The molecule has 1 aliphatic heterocycles. The molecule has 0 aromatic heterocycles. The van der Waals surface area contributed by atoms with Crippen LogP contribution in [0.15, 0.2) is 0 Å². The zero-order chi connectivity index (χ0) is 10.1. The van der Waals surface area contributed by atoms with Crippen molar-refractivity contribution in [2.75, 3.05) is 6.54 Å². The Kier molecular flexibility index (Phi) is 7.12. The monoisotopic (exact) mass is 197 g/mol. The zero-order valence-electron chi connectivity index (χ0n) is 9.86. The van der Waals surface area contributed by atoms with Crippen LogP contribution in [0.2, 0.25) is 0 Å². The van der Waals surface area contributed by atoms with Gasteiger partial charge in [0.1, 0.15) is 0 Å². The summed E-state index contributed by atoms with van der Waals surface area (Å²) in [5.74, 6) is 0. The van der Waals surface area contributed by atoms with E-state index in [-0.39, 0.29) is 0 Å². The van der Waals surface area contributed by atoms with Crippen molar-refractivity contribution < 1.29 is 0 Å². The first kappa shape index (κ1) is 12.0. The molecular weight excluding hydrogens is 170 g/mol. The van der Waals surface area contributed by atoms with Crippen LogP contribution in [0.1, 0.15) is 71.1 Å². The second-order valence-electron chi connectivity index (χ2n) is 4.70. The Hall–Kier alpha value is -0.0400. The molecule has 1 fully saturated rings. The molecule has 0 aromatic rings. The van der Waals surface area contributed by atoms with E-state index in [0.29, 0.717) is 0 Å². The molecule has 1 nitrogen and oxygen atoms in total. The largest absolute Gasteiger partial charge is 0.314 e. The van der Waals surface area contributed by atoms with Crippen LogP contribution in [-0.2, 0) is 0 Å². The maximum Gasteiger partial charge on any atom is 0.00670 e. The van der Waals surface area contributed by atoms with Gasteiger partial charge < -0.3 is 5.32 Å². The van der Waals surface area contributed by atoms with Gasteiger partial charge in [-0.25, -0.2) is 0 Å². The minimum atomic E-state index is 0.827. The van der Waals surface area contributed by atoms with Gasteiger partial charge in [0, 0.05) is 6.04 Å². The molecule has 0 bridgehead atoms. The van der Waals surface area contributed by atoms with Gasteiger partial charge in [-0.2, -0.15) is 0 Å². The van der Waals surface area contributed by atoms with Gasteiger partial charge in [0.15, 0.2) is 0 Å². The lowest BCUT2D eigenvalue weighted by Gasteiger charge is -2.19. The molecule has 1 rings (SSSR count). The molecular formula is C13H27N. The van der Waals surface area contributed by atoms with E-state index >= 15 is 0 Å². The molecule has 1 unspecified atom stereocenters. The molecule has 14 heavy (non-hydrogen) atoms. The summed E-state index contributed by atoms with van der Waals surface area (Å²) in [4.78, 5) is 0. The SMILES string of the molecule is CCCCC1CCCCCCCCN1. The minimum absolute atomic E-state index is 0.827. The second-order valence-corrected chi connectivity index (χ2v) is 4.70. The van der Waals surface area contributed by atoms with Crippen LogP contribution in [0.25, 0.3) is 0 Å². The Morgan fingerprint density at radius 1 is 1.00 bits per heavy atom. The average molecular weight is 197 g/mol. The van der Waals surface area contributed by atoms with Gasteiger partial charge in [-0.3, -0.25) is 0 Å². The highest BCUT2D eigenvalue weighted by molar-refractivity contribution is 4.68. The number of rotatable bonds is 3. The quantitative estimate of drug-likeness (QED) is 0.724. The molecule has 0 radical (unpaired) electrons. The van der Waals surface area contributed by atoms with Crippen molar-refractivity contribution in [2.45, 2.75) is 77.2 Å². The fraction of sp³-hybridized carbons (Fsp3) is 1.00. The molecule has 1 heterocycles. The third-order valence-corrected chi connectivity index (χ3v) is 3.32. The summed E-state index contributed by atoms with van der Waals surface area (Å²) in [6.45, 7) is 3.55. The molecule has 84 valence electrons. The topological polar surface area (TPSA) is 12.0 Å². The molecule has 0 saturated carbocycles. The molecule has 1 saturated heterocycles. The Morgan fingerprint density at radius 3 is 2.50 bits per heavy atom. The lowest BCUT2D eigenvalue weighted by atomic mass is 10.00. The highest BCUT2D eigenvalue weighted by Gasteiger charge is 2.07. The van der Waals surface area contributed by atoms with Crippen molar-refractivity contribution in [1.29, 1.82) is 0 Å². The Morgan fingerprint density at radius 2 is 1.71 bits per heavy atom. The maximum atomic E-state index is 3.72. The maximum absolute atomic E-state index is 3.72. The zero-order valence-corrected chi connectivity index (χ0v) is 9.86. The van der Waals surface area contributed by atoms with Crippen molar-refractivity contribution in [1.82, 2.24) is 5.32 Å². The number of hydrogen-bond donors (Lipinski definition) is 1. The summed E-state index contributed by atoms with van der Waals surface area (Å²) in [6, 6.07) is 0.827. The molecule has 1 N–H and O–H groups in total. The van der Waals surface area contributed by atoms with Crippen molar-refractivity contribution in [3.63, 3.8) is 0 Å². The second kappa shape index (κ2) is 8.28. The van der Waals surface area contributed by atoms with E-state index in [9.17, 15) is 0 Å². The van der Waals surface area contributed by atoms with Gasteiger partial charge >= 0.3 is 0 Å². The number of nitrogens with one attached hydrogen (secondary N) is 1. The lowest BCUT2D eigenvalue weighted by molar-refractivity contribution is 0.399. The van der Waals surface area contributed by atoms with Gasteiger partial charge in [0.05, 0.1) is 0 Å². The van der Waals surface area contributed by atoms with Crippen LogP contribution >= 0.6 is 0 Å². The van der Waals surface area contributed by atoms with E-state index in [1.165, 1.54) is 70.8 Å². The fourth-order valence-electron chi connectivity index (χ4n) is 2.33. The molecule has 1 heteroatoms. The first-order chi connectivity index (χ1) is 6.93. The summed E-state index contributed by atoms with van der Waals surface area (Å²) in [6.07, 6.45) is 14.2. The van der Waals surface area contributed by atoms with E-state index in [1.807, 2.05) is 0 Å². The summed E-state index contributed by atoms with van der Waals surface area (Å²) in [5.41, 5.74) is 0. The van der Waals surface area contributed by atoms with Crippen LogP contribution < -0.4 is 5.32 Å². The Bertz CT molecular complexity index is 112. The normalized spacial score (nSPS) is 25.9. The highest BCUT2D eigenvalue weighted by atomic mass is 14.9. The fourth-order valence-corrected chi connectivity index (χ4v) is 2.33. The molecule has 0 aromatic carbocycles. The van der Waals surface area contributed by atoms with Crippen LogP contribution in [0.3, 0.4) is 0 Å². The molecule has 1 atom stereocenters. The minimum Gasteiger partial charge on any atom is -0.314 e. The van der Waals surface area contributed by atoms with E-state index < -0.39 is 0 Å². The molecule has 0 spiro atoms. The summed E-state index contributed by atoms with van der Waals surface area (Å²) in [7, 11) is 0. The first-order valence-electron chi connectivity index (χ1n) is 6.67. The average Bonchev–Trinajstić information content (AvgIpc) is 2.23. The third-order valence-electron chi connectivity index (χ3n) is 3.32. The van der Waals surface area contributed by atoms with E-state index in [0.717, 1.165) is 6.04 Å². The predicted molar refractivity (Wildman–Crippen MR) is 63.6 cm³/mol. The predicted octanol–water partition coefficient (Wildman–Crippen LogP) is 3.88. The van der Waals surface area contributed by atoms with Crippen LogP contribution in [-0.4, -0.2) is 12.6 Å². The molecule has 0 aliphatic carbocycles. The summed E-state index contributed by atoms with van der Waals surface area (Å²) >= 11 is 0. The van der Waals surface area contributed by atoms with Gasteiger partial charge in [0.25, 0.3) is 0 Å². The van der Waals surface area contributed by atoms with E-state index in [2.05, 4.69) is 12.2 Å². The third kappa shape index (κ3) is 5.64. The van der Waals surface area contributed by atoms with Crippen molar-refractivity contribution in [2.24, 2.45) is 0 Å². The first-order valence-corrected chi connectivity index (χ1v) is 6.67. The Labute approximate surface area is 89.7 Å². The number of hydrogen-bond acceptors (Lipinski definition) is 1. The summed E-state index contributed by atoms with van der Waals surface area (Å²) < 4.78 is 0. The molecule has 0 amide bonds. The molecule has 1 aliphatic rings. The van der Waals surface area contributed by atoms with Crippen molar-refractivity contribution >= 4 is 0 Å². The van der Waals surface area contributed by atoms with Gasteiger partial charge in [-0.05, 0) is 25.8 Å². The van der Waals surface area contributed by atoms with Gasteiger partial charge in [0.2, 0.25) is 0 Å². The van der Waals surface area contributed by atoms with Crippen LogP contribution in [0.5, 0.6) is 0 Å². The van der Waals surface area contributed by atoms with Gasteiger partial charge in [-0.1, -0.05) is 51.9 Å². The van der Waals surface area contributed by atoms with Crippen LogP contribution in [0.4, 0.5) is 0 Å². The van der Waals surface area contributed by atoms with Crippen molar-refractivity contribution in [3.8, 4) is 0 Å². The highest BCUT2D eigenvalue weighted by Crippen LogP contribution is 2.14. The summed E-state index contributed by atoms with van der Waals surface area (Å²) in [5, 5.41) is 3.72. The van der Waals surface area contributed by atoms with Gasteiger partial charge in [-0.15, -0.1) is 0 Å². The van der Waals surface area contributed by atoms with Crippen molar-refractivity contribution in [3.05, 3.63) is 0 Å². The van der Waals surface area contributed by atoms with E-state index in [4.69, 9.17) is 0 Å². The van der Waals surface area contributed by atoms with E-state index in [1.54, 1.807) is 0 Å². The number of unbranched alkanes of at least 4 members (excludes halogenated alkanes) is 1. The Balaban J connectivity index is 2.16. The smallest absolute Gasteiger partial charge is 0.00670 e. The lowest BCUT2D eigenvalue weighted by Crippen LogP contribution is -2.30.